The molecule has 0 N–H and O–H groups in total. The van der Waals surface area contributed by atoms with Gasteiger partial charge in [-0.1, -0.05) is 111 Å². The average Bonchev–Trinajstić information content (AvgIpc) is 3.14. The minimum absolute atomic E-state index is 0.290. The molecule has 0 spiro atoms. The van der Waals surface area contributed by atoms with Gasteiger partial charge in [0.15, 0.2) is 0 Å². The fourth-order valence-electron chi connectivity index (χ4n) is 5.30. The molecule has 1 aliphatic rings. The Kier molecular flexibility index (Phi) is 5.21. The molecule has 0 radical (unpaired) electrons. The summed E-state index contributed by atoms with van der Waals surface area (Å²) in [7, 11) is 0. The number of benzene rings is 4. The highest BCUT2D eigenvalue weighted by Crippen LogP contribution is 2.56. The van der Waals surface area contributed by atoms with E-state index in [0.29, 0.717) is 0 Å². The monoisotopic (exact) mass is 403 g/mol. The summed E-state index contributed by atoms with van der Waals surface area (Å²) in [6.07, 6.45) is 0. The molecule has 0 aliphatic heterocycles. The normalized spacial score (nSPS) is 13.8. The summed E-state index contributed by atoms with van der Waals surface area (Å²) < 4.78 is 0. The van der Waals surface area contributed by atoms with Crippen LogP contribution in [0.4, 0.5) is 0 Å². The molecule has 4 aromatic carbocycles. The Morgan fingerprint density at radius 3 is 1.74 bits per heavy atom. The zero-order valence-corrected chi connectivity index (χ0v) is 18.4. The van der Waals surface area contributed by atoms with Crippen molar-refractivity contribution in [2.75, 3.05) is 13.1 Å². The lowest BCUT2D eigenvalue weighted by molar-refractivity contribution is 0.296. The van der Waals surface area contributed by atoms with E-state index in [1.807, 2.05) is 0 Å². The first-order valence-electron chi connectivity index (χ1n) is 11.4. The Morgan fingerprint density at radius 2 is 1.13 bits per heavy atom. The molecule has 1 aliphatic carbocycles. The van der Waals surface area contributed by atoms with Gasteiger partial charge in [-0.25, -0.2) is 0 Å². The summed E-state index contributed by atoms with van der Waals surface area (Å²) in [4.78, 5) is 2.48. The predicted molar refractivity (Wildman–Crippen MR) is 130 cm³/mol. The van der Waals surface area contributed by atoms with Crippen LogP contribution in [0.3, 0.4) is 0 Å². The van der Waals surface area contributed by atoms with Crippen LogP contribution in [0.25, 0.3) is 11.1 Å². The molecular formula is C30H29N. The fourth-order valence-corrected chi connectivity index (χ4v) is 5.30. The second kappa shape index (κ2) is 8.17. The van der Waals surface area contributed by atoms with Gasteiger partial charge in [0.2, 0.25) is 0 Å². The van der Waals surface area contributed by atoms with Gasteiger partial charge in [0.05, 0.1) is 5.41 Å². The van der Waals surface area contributed by atoms with Crippen molar-refractivity contribution in [2.24, 2.45) is 0 Å². The summed E-state index contributed by atoms with van der Waals surface area (Å²) >= 11 is 0. The third kappa shape index (κ3) is 3.12. The molecule has 0 fully saturated rings. The first-order chi connectivity index (χ1) is 15.3. The minimum Gasteiger partial charge on any atom is -0.300 e. The van der Waals surface area contributed by atoms with Crippen LogP contribution in [-0.2, 0) is 12.0 Å². The molecule has 0 amide bonds. The highest BCUT2D eigenvalue weighted by molar-refractivity contribution is 5.86. The zero-order chi connectivity index (χ0) is 21.3. The molecule has 0 atom stereocenters. The van der Waals surface area contributed by atoms with E-state index in [1.165, 1.54) is 38.9 Å². The molecule has 0 unspecified atom stereocenters. The average molecular weight is 404 g/mol. The third-order valence-corrected chi connectivity index (χ3v) is 6.82. The highest BCUT2D eigenvalue weighted by Gasteiger charge is 2.45. The number of hydrogen-bond acceptors (Lipinski definition) is 1. The van der Waals surface area contributed by atoms with E-state index in [-0.39, 0.29) is 5.41 Å². The van der Waals surface area contributed by atoms with Crippen molar-refractivity contribution in [3.05, 3.63) is 131 Å². The summed E-state index contributed by atoms with van der Waals surface area (Å²) in [6, 6.07) is 38.1. The molecule has 0 saturated carbocycles. The Hall–Kier alpha value is -3.16. The van der Waals surface area contributed by atoms with Gasteiger partial charge in [-0.2, -0.15) is 0 Å². The summed E-state index contributed by atoms with van der Waals surface area (Å²) in [5.74, 6) is 0. The summed E-state index contributed by atoms with van der Waals surface area (Å²) in [5.41, 5.74) is 9.22. The maximum Gasteiger partial charge on any atom is 0.0713 e. The van der Waals surface area contributed by atoms with Gasteiger partial charge in [-0.3, -0.25) is 4.90 Å². The van der Waals surface area contributed by atoms with Crippen LogP contribution >= 0.6 is 0 Å². The van der Waals surface area contributed by atoms with Crippen molar-refractivity contribution < 1.29 is 0 Å². The maximum absolute atomic E-state index is 2.48. The first kappa shape index (κ1) is 19.8. The lowest BCUT2D eigenvalue weighted by Gasteiger charge is -2.34. The van der Waals surface area contributed by atoms with Crippen LogP contribution in [0.1, 0.15) is 41.7 Å². The minimum atomic E-state index is -0.290. The van der Waals surface area contributed by atoms with E-state index >= 15 is 0 Å². The zero-order valence-electron chi connectivity index (χ0n) is 18.4. The molecular weight excluding hydrogens is 374 g/mol. The van der Waals surface area contributed by atoms with Crippen molar-refractivity contribution in [2.45, 2.75) is 25.8 Å². The number of nitrogens with zero attached hydrogens (tertiary/aromatic N) is 1. The number of fused-ring (bicyclic) bond motifs is 3. The van der Waals surface area contributed by atoms with Crippen LogP contribution in [0.15, 0.2) is 103 Å². The van der Waals surface area contributed by atoms with Crippen LogP contribution in [0.5, 0.6) is 0 Å². The number of hydrogen-bond donors (Lipinski definition) is 0. The third-order valence-electron chi connectivity index (χ3n) is 6.82. The van der Waals surface area contributed by atoms with E-state index in [0.717, 1.165) is 19.6 Å². The molecule has 1 heteroatoms. The van der Waals surface area contributed by atoms with Crippen LogP contribution in [0.2, 0.25) is 0 Å². The van der Waals surface area contributed by atoms with E-state index in [9.17, 15) is 0 Å². The standard InChI is InChI=1S/C30H29N/c1-3-31(4-2)22-23-19-20-29-27(21-23)26-17-11-12-18-28(26)30(29,24-13-7-5-8-14-24)25-15-9-6-10-16-25/h5-21H,3-4,22H2,1-2H3. The molecule has 0 saturated heterocycles. The Labute approximate surface area is 186 Å². The lowest BCUT2D eigenvalue weighted by atomic mass is 9.67. The first-order valence-corrected chi connectivity index (χ1v) is 11.4. The van der Waals surface area contributed by atoms with Gasteiger partial charge in [0.25, 0.3) is 0 Å². The van der Waals surface area contributed by atoms with E-state index in [4.69, 9.17) is 0 Å². The summed E-state index contributed by atoms with van der Waals surface area (Å²) in [6.45, 7) is 7.61. The van der Waals surface area contributed by atoms with Crippen molar-refractivity contribution in [1.29, 1.82) is 0 Å². The van der Waals surface area contributed by atoms with Crippen LogP contribution in [-0.4, -0.2) is 18.0 Å². The van der Waals surface area contributed by atoms with Gasteiger partial charge in [-0.05, 0) is 58.1 Å². The van der Waals surface area contributed by atoms with Gasteiger partial charge >= 0.3 is 0 Å². The Balaban J connectivity index is 1.80. The molecule has 0 bridgehead atoms. The molecule has 4 aromatic rings. The van der Waals surface area contributed by atoms with E-state index in [2.05, 4.69) is 122 Å². The molecule has 154 valence electrons. The SMILES string of the molecule is CCN(CC)Cc1ccc2c(c1)-c1ccccc1C2(c1ccccc1)c1ccccc1. The maximum atomic E-state index is 2.48. The molecule has 1 nitrogen and oxygen atoms in total. The second-order valence-electron chi connectivity index (χ2n) is 8.37. The van der Waals surface area contributed by atoms with Crippen molar-refractivity contribution >= 4 is 0 Å². The topological polar surface area (TPSA) is 3.24 Å². The van der Waals surface area contributed by atoms with Gasteiger partial charge in [0.1, 0.15) is 0 Å². The quantitative estimate of drug-likeness (QED) is 0.298. The van der Waals surface area contributed by atoms with Gasteiger partial charge < -0.3 is 0 Å². The van der Waals surface area contributed by atoms with Crippen molar-refractivity contribution in [3.8, 4) is 11.1 Å². The van der Waals surface area contributed by atoms with Crippen LogP contribution < -0.4 is 0 Å². The molecule has 0 aromatic heterocycles. The smallest absolute Gasteiger partial charge is 0.0713 e. The van der Waals surface area contributed by atoms with Crippen LogP contribution in [0, 0.1) is 0 Å². The lowest BCUT2D eigenvalue weighted by Crippen LogP contribution is -2.28. The molecule has 5 rings (SSSR count). The van der Waals surface area contributed by atoms with Crippen molar-refractivity contribution in [1.82, 2.24) is 4.90 Å². The fraction of sp³-hybridized carbons (Fsp3) is 0.200. The van der Waals surface area contributed by atoms with Gasteiger partial charge in [0, 0.05) is 6.54 Å². The van der Waals surface area contributed by atoms with Gasteiger partial charge in [-0.15, -0.1) is 0 Å². The van der Waals surface area contributed by atoms with E-state index < -0.39 is 0 Å². The molecule has 31 heavy (non-hydrogen) atoms. The number of rotatable bonds is 6. The van der Waals surface area contributed by atoms with Crippen molar-refractivity contribution in [3.63, 3.8) is 0 Å². The largest absolute Gasteiger partial charge is 0.300 e. The molecule has 0 heterocycles. The van der Waals surface area contributed by atoms with E-state index in [1.54, 1.807) is 0 Å². The Morgan fingerprint density at radius 1 is 0.581 bits per heavy atom. The summed E-state index contributed by atoms with van der Waals surface area (Å²) in [5, 5.41) is 0. The Bertz CT molecular complexity index is 1130. The second-order valence-corrected chi connectivity index (χ2v) is 8.37. The predicted octanol–water partition coefficient (Wildman–Crippen LogP) is 6.89. The highest BCUT2D eigenvalue weighted by atomic mass is 15.1.